The molecule has 0 aliphatic carbocycles. The monoisotopic (exact) mass is 495 g/mol. The van der Waals surface area contributed by atoms with Gasteiger partial charge in [0.1, 0.15) is 11.5 Å². The van der Waals surface area contributed by atoms with Gasteiger partial charge in [-0.1, -0.05) is 11.3 Å². The van der Waals surface area contributed by atoms with Gasteiger partial charge in [0.15, 0.2) is 16.6 Å². The number of fused-ring (bicyclic) bond motifs is 2. The highest BCUT2D eigenvalue weighted by atomic mass is 32.2. The lowest BCUT2D eigenvalue weighted by Gasteiger charge is -2.12. The second-order valence-corrected chi connectivity index (χ2v) is 9.30. The summed E-state index contributed by atoms with van der Waals surface area (Å²) in [6.45, 7) is 0. The Morgan fingerprint density at radius 1 is 1.03 bits per heavy atom. The maximum absolute atomic E-state index is 12.6. The van der Waals surface area contributed by atoms with Crippen molar-refractivity contribution in [3.8, 4) is 23.0 Å². The number of hydrogen-bond donors (Lipinski definition) is 1. The number of anilines is 1. The van der Waals surface area contributed by atoms with E-state index in [2.05, 4.69) is 15.3 Å². The molecule has 0 bridgehead atoms. The molecule has 0 saturated carbocycles. The van der Waals surface area contributed by atoms with Crippen molar-refractivity contribution < 1.29 is 23.7 Å². The fraction of sp³-hybridized carbons (Fsp3) is 0.208. The molecule has 1 aliphatic rings. The summed E-state index contributed by atoms with van der Waals surface area (Å²) in [6, 6.07) is 11.1. The van der Waals surface area contributed by atoms with Crippen LogP contribution in [0.4, 0.5) is 5.13 Å². The average molecular weight is 496 g/mol. The second kappa shape index (κ2) is 9.49. The van der Waals surface area contributed by atoms with Gasteiger partial charge < -0.3 is 18.9 Å². The number of hydrogen-bond acceptors (Lipinski definition) is 9. The van der Waals surface area contributed by atoms with Gasteiger partial charge in [0.05, 0.1) is 41.6 Å². The predicted octanol–water partition coefficient (Wildman–Crippen LogP) is 5.24. The first kappa shape index (κ1) is 22.5. The number of carbonyl (C=O) groups excluding carboxylic acids is 1. The largest absolute Gasteiger partial charge is 0.493 e. The Kier molecular flexibility index (Phi) is 6.27. The molecule has 0 saturated heterocycles. The Labute approximate surface area is 203 Å². The van der Waals surface area contributed by atoms with E-state index in [0.717, 1.165) is 26.9 Å². The normalized spacial score (nSPS) is 15.4. The highest BCUT2D eigenvalue weighted by Crippen LogP contribution is 2.38. The van der Waals surface area contributed by atoms with E-state index in [-0.39, 0.29) is 12.0 Å². The van der Waals surface area contributed by atoms with E-state index in [9.17, 15) is 4.79 Å². The fourth-order valence-electron chi connectivity index (χ4n) is 3.64. The molecule has 0 radical (unpaired) electrons. The SMILES string of the molecule is COc1cc2nccc(Oc3ccc4nc(NC(=O)C5=CSCC5OC)sc4c3)c2cc1OC. The number of aromatic nitrogens is 2. The number of carbonyl (C=O) groups is 1. The standard InChI is InChI=1S/C24H21N3O5S2/c1-29-19-9-14-17(10-20(19)30-2)25-7-6-18(14)32-13-4-5-16-22(8-13)34-24(26-16)27-23(28)15-11-33-12-21(15)31-3/h4-11,21H,12H2,1-3H3,(H,26,27,28). The lowest BCUT2D eigenvalue weighted by atomic mass is 10.2. The molecule has 1 atom stereocenters. The lowest BCUT2D eigenvalue weighted by molar-refractivity contribution is -0.113. The van der Waals surface area contributed by atoms with E-state index >= 15 is 0 Å². The van der Waals surface area contributed by atoms with Gasteiger partial charge >= 0.3 is 0 Å². The van der Waals surface area contributed by atoms with Crippen molar-refractivity contribution in [2.75, 3.05) is 32.4 Å². The zero-order valence-corrected chi connectivity index (χ0v) is 20.3. The Morgan fingerprint density at radius 2 is 1.85 bits per heavy atom. The average Bonchev–Trinajstić information content (AvgIpc) is 3.49. The van der Waals surface area contributed by atoms with Gasteiger partial charge in [-0.25, -0.2) is 4.98 Å². The number of rotatable bonds is 7. The summed E-state index contributed by atoms with van der Waals surface area (Å²) in [5.41, 5.74) is 2.12. The number of pyridine rings is 1. The van der Waals surface area contributed by atoms with Crippen molar-refractivity contribution in [2.45, 2.75) is 6.10 Å². The van der Waals surface area contributed by atoms with Crippen LogP contribution in [0.5, 0.6) is 23.0 Å². The molecule has 0 fully saturated rings. The molecule has 1 aliphatic heterocycles. The minimum Gasteiger partial charge on any atom is -0.493 e. The topological polar surface area (TPSA) is 91.8 Å². The molecule has 34 heavy (non-hydrogen) atoms. The molecule has 1 N–H and O–H groups in total. The Hall–Kier alpha value is -3.34. The van der Waals surface area contributed by atoms with Crippen LogP contribution >= 0.6 is 23.1 Å². The van der Waals surface area contributed by atoms with Gasteiger partial charge in [-0.15, -0.1) is 11.8 Å². The van der Waals surface area contributed by atoms with Crippen LogP contribution < -0.4 is 19.5 Å². The van der Waals surface area contributed by atoms with E-state index in [1.165, 1.54) is 11.3 Å². The van der Waals surface area contributed by atoms with Crippen molar-refractivity contribution in [1.82, 2.24) is 9.97 Å². The number of amides is 1. The third-order valence-corrected chi connectivity index (χ3v) is 7.22. The molecule has 2 aromatic carbocycles. The van der Waals surface area contributed by atoms with Crippen LogP contribution in [0.15, 0.2) is 53.6 Å². The number of benzene rings is 2. The molecule has 1 amide bonds. The Bertz CT molecular complexity index is 1420. The first-order valence-electron chi connectivity index (χ1n) is 10.3. The third kappa shape index (κ3) is 4.27. The van der Waals surface area contributed by atoms with E-state index in [1.54, 1.807) is 45.4 Å². The maximum atomic E-state index is 12.6. The van der Waals surface area contributed by atoms with Crippen LogP contribution in [0, 0.1) is 0 Å². The van der Waals surface area contributed by atoms with Crippen molar-refractivity contribution >= 4 is 55.3 Å². The molecule has 5 rings (SSSR count). The quantitative estimate of drug-likeness (QED) is 0.372. The van der Waals surface area contributed by atoms with Crippen molar-refractivity contribution in [1.29, 1.82) is 0 Å². The van der Waals surface area contributed by atoms with E-state index in [4.69, 9.17) is 18.9 Å². The van der Waals surface area contributed by atoms with Gasteiger partial charge in [-0.05, 0) is 29.7 Å². The second-order valence-electron chi connectivity index (χ2n) is 7.37. The maximum Gasteiger partial charge on any atom is 0.256 e. The van der Waals surface area contributed by atoms with Crippen molar-refractivity contribution in [3.05, 3.63) is 53.6 Å². The minimum atomic E-state index is -0.201. The fourth-order valence-corrected chi connectivity index (χ4v) is 5.55. The summed E-state index contributed by atoms with van der Waals surface area (Å²) in [7, 11) is 4.78. The molecule has 1 unspecified atom stereocenters. The summed E-state index contributed by atoms with van der Waals surface area (Å²) in [5.74, 6) is 3.02. The molecule has 0 spiro atoms. The Balaban J connectivity index is 1.40. The number of nitrogens with zero attached hydrogens (tertiary/aromatic N) is 2. The van der Waals surface area contributed by atoms with Gasteiger partial charge in [-0.2, -0.15) is 0 Å². The highest BCUT2D eigenvalue weighted by molar-refractivity contribution is 8.02. The molecule has 174 valence electrons. The summed E-state index contributed by atoms with van der Waals surface area (Å²) in [5, 5.41) is 6.05. The molecule has 3 heterocycles. The molecule has 10 heteroatoms. The van der Waals surface area contributed by atoms with Crippen LogP contribution in [0.3, 0.4) is 0 Å². The lowest BCUT2D eigenvalue weighted by Crippen LogP contribution is -2.24. The van der Waals surface area contributed by atoms with Gasteiger partial charge in [-0.3, -0.25) is 15.1 Å². The summed E-state index contributed by atoms with van der Waals surface area (Å²) < 4.78 is 23.3. The number of ether oxygens (including phenoxy) is 4. The van der Waals surface area contributed by atoms with Gasteiger partial charge in [0, 0.05) is 36.6 Å². The number of thiazole rings is 1. The van der Waals surface area contributed by atoms with Gasteiger partial charge in [0.2, 0.25) is 0 Å². The molecule has 8 nitrogen and oxygen atoms in total. The Morgan fingerprint density at radius 3 is 2.65 bits per heavy atom. The summed E-state index contributed by atoms with van der Waals surface area (Å²) in [4.78, 5) is 21.6. The number of nitrogens with one attached hydrogen (secondary N) is 1. The van der Waals surface area contributed by atoms with Gasteiger partial charge in [0.25, 0.3) is 5.91 Å². The highest BCUT2D eigenvalue weighted by Gasteiger charge is 2.26. The van der Waals surface area contributed by atoms with Crippen LogP contribution in [0.25, 0.3) is 21.1 Å². The summed E-state index contributed by atoms with van der Waals surface area (Å²) in [6.07, 6.45) is 1.49. The molecular formula is C24H21N3O5S2. The van der Waals surface area contributed by atoms with Crippen LogP contribution in [-0.2, 0) is 9.53 Å². The zero-order chi connectivity index (χ0) is 23.7. The molecule has 4 aromatic rings. The van der Waals surface area contributed by atoms with Crippen LogP contribution in [0.2, 0.25) is 0 Å². The number of methoxy groups -OCH3 is 3. The van der Waals surface area contributed by atoms with Crippen LogP contribution in [-0.4, -0.2) is 49.1 Å². The third-order valence-electron chi connectivity index (χ3n) is 5.37. The van der Waals surface area contributed by atoms with Crippen LogP contribution in [0.1, 0.15) is 0 Å². The zero-order valence-electron chi connectivity index (χ0n) is 18.7. The first-order valence-corrected chi connectivity index (χ1v) is 12.2. The van der Waals surface area contributed by atoms with E-state index in [1.807, 2.05) is 35.7 Å². The smallest absolute Gasteiger partial charge is 0.256 e. The predicted molar refractivity (Wildman–Crippen MR) is 135 cm³/mol. The van der Waals surface area contributed by atoms with Crippen molar-refractivity contribution in [2.24, 2.45) is 0 Å². The molecular weight excluding hydrogens is 474 g/mol. The number of thioether (sulfide) groups is 1. The molecule has 2 aromatic heterocycles. The van der Waals surface area contributed by atoms with E-state index in [0.29, 0.717) is 33.7 Å². The van der Waals surface area contributed by atoms with Crippen molar-refractivity contribution in [3.63, 3.8) is 0 Å². The minimum absolute atomic E-state index is 0.194. The summed E-state index contributed by atoms with van der Waals surface area (Å²) >= 11 is 2.95. The van der Waals surface area contributed by atoms with E-state index < -0.39 is 0 Å². The first-order chi connectivity index (χ1) is 16.6.